The highest BCUT2D eigenvalue weighted by atomic mass is 16.3. The number of aromatic nitrogens is 3. The highest BCUT2D eigenvalue weighted by Crippen LogP contribution is 2.19. The quantitative estimate of drug-likeness (QED) is 0.789. The molecule has 0 saturated carbocycles. The van der Waals surface area contributed by atoms with Gasteiger partial charge in [0.2, 0.25) is 17.6 Å². The van der Waals surface area contributed by atoms with Gasteiger partial charge in [0.15, 0.2) is 5.76 Å². The maximum absolute atomic E-state index is 12.5. The number of H-pyrrole nitrogens is 1. The Bertz CT molecular complexity index is 722. The third-order valence-electron chi connectivity index (χ3n) is 4.28. The molecule has 134 valence electrons. The lowest BCUT2D eigenvalue weighted by Crippen LogP contribution is -2.50. The molecule has 2 N–H and O–H groups in total. The van der Waals surface area contributed by atoms with Crippen molar-refractivity contribution < 1.29 is 14.0 Å². The van der Waals surface area contributed by atoms with Crippen LogP contribution in [0, 0.1) is 5.92 Å². The van der Waals surface area contributed by atoms with E-state index in [1.54, 1.807) is 23.3 Å². The van der Waals surface area contributed by atoms with Crippen molar-refractivity contribution in [2.24, 2.45) is 5.92 Å². The smallest absolute Gasteiger partial charge is 0.243 e. The second-order valence-electron chi connectivity index (χ2n) is 6.50. The minimum atomic E-state index is -0.414. The van der Waals surface area contributed by atoms with E-state index in [9.17, 15) is 9.59 Å². The van der Waals surface area contributed by atoms with Gasteiger partial charge < -0.3 is 14.6 Å². The minimum absolute atomic E-state index is 0.0622. The van der Waals surface area contributed by atoms with Gasteiger partial charge in [-0.2, -0.15) is 5.10 Å². The Hall–Kier alpha value is -2.64. The summed E-state index contributed by atoms with van der Waals surface area (Å²) in [4.78, 5) is 30.5. The average molecular weight is 345 g/mol. The van der Waals surface area contributed by atoms with Gasteiger partial charge in [0.25, 0.3) is 0 Å². The van der Waals surface area contributed by atoms with Crippen LogP contribution in [0.2, 0.25) is 0 Å². The maximum atomic E-state index is 12.5. The number of rotatable bonds is 7. The number of nitrogens with zero attached hydrogens (tertiary/aromatic N) is 3. The summed E-state index contributed by atoms with van der Waals surface area (Å²) < 4.78 is 5.25. The Labute approximate surface area is 146 Å². The lowest BCUT2D eigenvalue weighted by molar-refractivity contribution is -0.139. The molecule has 1 aliphatic rings. The molecule has 25 heavy (non-hydrogen) atoms. The molecule has 0 aliphatic carbocycles. The molecule has 0 aromatic carbocycles. The van der Waals surface area contributed by atoms with E-state index in [1.807, 2.05) is 13.8 Å². The van der Waals surface area contributed by atoms with Crippen molar-refractivity contribution in [1.82, 2.24) is 25.4 Å². The second-order valence-corrected chi connectivity index (χ2v) is 6.50. The zero-order chi connectivity index (χ0) is 17.8. The Balaban J connectivity index is 1.54. The number of likely N-dealkylation sites (tertiary alicyclic amines) is 1. The van der Waals surface area contributed by atoms with Crippen molar-refractivity contribution in [2.75, 3.05) is 13.1 Å². The number of nitrogens with one attached hydrogen (secondary N) is 2. The molecule has 8 nitrogen and oxygen atoms in total. The van der Waals surface area contributed by atoms with Gasteiger partial charge in [-0.15, -0.1) is 0 Å². The maximum Gasteiger partial charge on any atom is 0.243 e. The number of amides is 2. The number of hydrogen-bond acceptors (Lipinski definition) is 5. The Kier molecular flexibility index (Phi) is 5.16. The Morgan fingerprint density at radius 2 is 2.32 bits per heavy atom. The molecule has 2 aromatic rings. The molecule has 0 spiro atoms. The molecule has 0 unspecified atom stereocenters. The number of carbonyl (C=O) groups is 2. The molecular weight excluding hydrogens is 322 g/mol. The number of carbonyl (C=O) groups excluding carboxylic acids is 2. The zero-order valence-electron chi connectivity index (χ0n) is 14.5. The van der Waals surface area contributed by atoms with Crippen LogP contribution in [0.3, 0.4) is 0 Å². The molecule has 1 fully saturated rings. The molecule has 1 aliphatic heterocycles. The van der Waals surface area contributed by atoms with E-state index in [2.05, 4.69) is 20.5 Å². The van der Waals surface area contributed by atoms with Gasteiger partial charge in [0, 0.05) is 25.9 Å². The minimum Gasteiger partial charge on any atom is -0.461 e. The molecule has 1 atom stereocenters. The molecule has 1 saturated heterocycles. The first-order valence-electron chi connectivity index (χ1n) is 8.58. The number of hydrogen-bond donors (Lipinski definition) is 2. The first-order chi connectivity index (χ1) is 12.1. The Morgan fingerprint density at radius 3 is 2.96 bits per heavy atom. The van der Waals surface area contributed by atoms with Gasteiger partial charge in [-0.05, 0) is 24.5 Å². The standard InChI is InChI=1S/C17H23N5O3/c1-11(2)15(22-9-3-6-14(22)23)17(24)18-8-7-13-19-16(21-20-13)12-5-4-10-25-12/h4-5,10-11,15H,3,6-9H2,1-2H3,(H,18,24)(H,19,20,21)/t15-/m0/s1. The van der Waals surface area contributed by atoms with Crippen molar-refractivity contribution >= 4 is 11.8 Å². The topological polar surface area (TPSA) is 104 Å². The van der Waals surface area contributed by atoms with E-state index in [1.165, 1.54) is 0 Å². The van der Waals surface area contributed by atoms with Crippen LogP contribution in [0.15, 0.2) is 22.8 Å². The second kappa shape index (κ2) is 7.50. The lowest BCUT2D eigenvalue weighted by atomic mass is 10.0. The van der Waals surface area contributed by atoms with Crippen LogP contribution in [0.4, 0.5) is 0 Å². The summed E-state index contributed by atoms with van der Waals surface area (Å²) in [5.74, 6) is 1.78. The highest BCUT2D eigenvalue weighted by molar-refractivity contribution is 5.88. The van der Waals surface area contributed by atoms with Gasteiger partial charge >= 0.3 is 0 Å². The fourth-order valence-corrected chi connectivity index (χ4v) is 3.10. The normalized spacial score (nSPS) is 15.8. The Morgan fingerprint density at radius 1 is 1.48 bits per heavy atom. The van der Waals surface area contributed by atoms with Gasteiger partial charge in [-0.25, -0.2) is 4.98 Å². The number of furan rings is 1. The van der Waals surface area contributed by atoms with Crippen molar-refractivity contribution in [3.8, 4) is 11.6 Å². The van der Waals surface area contributed by atoms with Crippen LogP contribution in [0.25, 0.3) is 11.6 Å². The van der Waals surface area contributed by atoms with E-state index >= 15 is 0 Å². The van der Waals surface area contributed by atoms with Gasteiger partial charge in [-0.1, -0.05) is 13.8 Å². The third kappa shape index (κ3) is 3.89. The molecule has 2 amide bonds. The zero-order valence-corrected chi connectivity index (χ0v) is 14.5. The molecular formula is C17H23N5O3. The molecule has 3 heterocycles. The van der Waals surface area contributed by atoms with E-state index in [4.69, 9.17) is 4.42 Å². The molecule has 2 aromatic heterocycles. The molecule has 3 rings (SSSR count). The molecule has 0 bridgehead atoms. The average Bonchev–Trinajstić information content (AvgIpc) is 3.29. The predicted octanol–water partition coefficient (Wildman–Crippen LogP) is 1.37. The fourth-order valence-electron chi connectivity index (χ4n) is 3.10. The monoisotopic (exact) mass is 345 g/mol. The van der Waals surface area contributed by atoms with E-state index < -0.39 is 6.04 Å². The van der Waals surface area contributed by atoms with Gasteiger partial charge in [0.1, 0.15) is 11.9 Å². The summed E-state index contributed by atoms with van der Waals surface area (Å²) in [7, 11) is 0. The van der Waals surface area contributed by atoms with Crippen LogP contribution < -0.4 is 5.32 Å². The predicted molar refractivity (Wildman–Crippen MR) is 90.4 cm³/mol. The molecule has 0 radical (unpaired) electrons. The van der Waals surface area contributed by atoms with E-state index in [0.717, 1.165) is 6.42 Å². The van der Waals surface area contributed by atoms with Crippen LogP contribution in [-0.2, 0) is 16.0 Å². The van der Waals surface area contributed by atoms with E-state index in [-0.39, 0.29) is 17.7 Å². The summed E-state index contributed by atoms with van der Waals surface area (Å²) in [6.45, 7) is 5.00. The van der Waals surface area contributed by atoms with Gasteiger partial charge in [-0.3, -0.25) is 14.7 Å². The van der Waals surface area contributed by atoms with Crippen molar-refractivity contribution in [2.45, 2.75) is 39.2 Å². The summed E-state index contributed by atoms with van der Waals surface area (Å²) in [5.41, 5.74) is 0. The van der Waals surface area contributed by atoms with Crippen LogP contribution >= 0.6 is 0 Å². The highest BCUT2D eigenvalue weighted by Gasteiger charge is 2.34. The number of aromatic amines is 1. The van der Waals surface area contributed by atoms with Crippen LogP contribution in [0.1, 0.15) is 32.5 Å². The summed E-state index contributed by atoms with van der Waals surface area (Å²) >= 11 is 0. The van der Waals surface area contributed by atoms with Crippen LogP contribution in [0.5, 0.6) is 0 Å². The van der Waals surface area contributed by atoms with Crippen molar-refractivity contribution in [3.63, 3.8) is 0 Å². The summed E-state index contributed by atoms with van der Waals surface area (Å²) in [5, 5.41) is 9.85. The largest absolute Gasteiger partial charge is 0.461 e. The van der Waals surface area contributed by atoms with Crippen molar-refractivity contribution in [1.29, 1.82) is 0 Å². The first-order valence-corrected chi connectivity index (χ1v) is 8.58. The van der Waals surface area contributed by atoms with Gasteiger partial charge in [0.05, 0.1) is 6.26 Å². The molecule has 8 heteroatoms. The summed E-state index contributed by atoms with van der Waals surface area (Å²) in [6.07, 6.45) is 3.45. The lowest BCUT2D eigenvalue weighted by Gasteiger charge is -2.29. The van der Waals surface area contributed by atoms with Crippen molar-refractivity contribution in [3.05, 3.63) is 24.2 Å². The van der Waals surface area contributed by atoms with Crippen LogP contribution in [-0.4, -0.2) is 51.0 Å². The first kappa shape index (κ1) is 17.2. The SMILES string of the molecule is CC(C)[C@@H](C(=O)NCCc1nc(-c2ccco2)n[nH]1)N1CCCC1=O. The fraction of sp³-hybridized carbons (Fsp3) is 0.529. The van der Waals surface area contributed by atoms with E-state index in [0.29, 0.717) is 43.3 Å². The third-order valence-corrected chi connectivity index (χ3v) is 4.28. The summed E-state index contributed by atoms with van der Waals surface area (Å²) in [6, 6.07) is 3.15.